The zero-order valence-corrected chi connectivity index (χ0v) is 23.3. The first-order valence-corrected chi connectivity index (χ1v) is 12.6. The van der Waals surface area contributed by atoms with E-state index in [1.807, 2.05) is 19.9 Å². The maximum Gasteiger partial charge on any atom is 0.408 e. The summed E-state index contributed by atoms with van der Waals surface area (Å²) in [4.78, 5) is 41.5. The van der Waals surface area contributed by atoms with E-state index in [9.17, 15) is 19.6 Å². The Hall–Kier alpha value is -4.50. The molecule has 9 nitrogen and oxygen atoms in total. The lowest BCUT2D eigenvalue weighted by Gasteiger charge is -2.33. The molecule has 0 spiro atoms. The third-order valence-electron chi connectivity index (χ3n) is 5.55. The van der Waals surface area contributed by atoms with Crippen molar-refractivity contribution in [2.45, 2.75) is 58.7 Å². The highest BCUT2D eigenvalue weighted by atomic mass is 16.6. The van der Waals surface area contributed by atoms with Gasteiger partial charge in [0.25, 0.3) is 5.91 Å². The Labute approximate surface area is 230 Å². The predicted octanol–water partition coefficient (Wildman–Crippen LogP) is 4.65. The summed E-state index contributed by atoms with van der Waals surface area (Å²) in [5.74, 6) is 1.98. The average Bonchev–Trinajstić information content (AvgIpc) is 2.87. The number of methoxy groups -OCH3 is 1. The average molecular weight is 533 g/mol. The number of rotatable bonds is 10. The fraction of sp³-hybridized carbons (Fsp3) is 0.400. The molecule has 2 aromatic rings. The molecule has 0 saturated heterocycles. The summed E-state index contributed by atoms with van der Waals surface area (Å²) in [6.07, 6.45) is 5.21. The first-order chi connectivity index (χ1) is 18.4. The van der Waals surface area contributed by atoms with Crippen molar-refractivity contribution in [3.05, 3.63) is 59.7 Å². The summed E-state index contributed by atoms with van der Waals surface area (Å²) in [7, 11) is 1.53. The number of alkyl carbamates (subject to hydrolysis) is 1. The molecule has 0 aliphatic heterocycles. The second-order valence-electron chi connectivity index (χ2n) is 10.3. The van der Waals surface area contributed by atoms with E-state index in [0.717, 1.165) is 4.90 Å². The Morgan fingerprint density at radius 1 is 1.08 bits per heavy atom. The molecule has 3 amide bonds. The Morgan fingerprint density at radius 2 is 1.72 bits per heavy atom. The molecule has 0 aromatic heterocycles. The van der Waals surface area contributed by atoms with Crippen LogP contribution in [-0.4, -0.2) is 48.1 Å². The van der Waals surface area contributed by atoms with Crippen molar-refractivity contribution in [2.24, 2.45) is 5.92 Å². The molecular weight excluding hydrogens is 496 g/mol. The molecule has 2 N–H and O–H groups in total. The van der Waals surface area contributed by atoms with Gasteiger partial charge in [0.2, 0.25) is 5.91 Å². The normalized spacial score (nSPS) is 12.3. The van der Waals surface area contributed by atoms with E-state index in [4.69, 9.17) is 15.9 Å². The van der Waals surface area contributed by atoms with Crippen molar-refractivity contribution in [3.8, 4) is 24.2 Å². The quantitative estimate of drug-likeness (QED) is 0.340. The van der Waals surface area contributed by atoms with Crippen molar-refractivity contribution >= 4 is 23.6 Å². The van der Waals surface area contributed by atoms with Gasteiger partial charge < -0.3 is 25.0 Å². The molecule has 206 valence electrons. The summed E-state index contributed by atoms with van der Waals surface area (Å²) in [5.41, 5.74) is 0.437. The van der Waals surface area contributed by atoms with E-state index in [1.54, 1.807) is 69.3 Å². The molecule has 2 rings (SSSR count). The molecule has 39 heavy (non-hydrogen) atoms. The zero-order chi connectivity index (χ0) is 29.2. The second-order valence-corrected chi connectivity index (χ2v) is 10.3. The minimum Gasteiger partial charge on any atom is -0.497 e. The first-order valence-electron chi connectivity index (χ1n) is 12.6. The van der Waals surface area contributed by atoms with Gasteiger partial charge in [-0.25, -0.2) is 4.79 Å². The topological polar surface area (TPSA) is 121 Å². The Morgan fingerprint density at radius 3 is 2.26 bits per heavy atom. The van der Waals surface area contributed by atoms with E-state index >= 15 is 0 Å². The van der Waals surface area contributed by atoms with Gasteiger partial charge in [-0.15, -0.1) is 6.42 Å². The van der Waals surface area contributed by atoms with Crippen LogP contribution < -0.4 is 15.4 Å². The molecule has 2 unspecified atom stereocenters. The van der Waals surface area contributed by atoms with Crippen LogP contribution >= 0.6 is 0 Å². The van der Waals surface area contributed by atoms with Crippen LogP contribution in [0.2, 0.25) is 0 Å². The van der Waals surface area contributed by atoms with Gasteiger partial charge in [-0.1, -0.05) is 38.0 Å². The van der Waals surface area contributed by atoms with E-state index in [1.165, 1.54) is 7.11 Å². The maximum absolute atomic E-state index is 14.0. The SMILES string of the molecule is C#Cc1ccccc1C(C(=O)Nc1ccc(OC)cc1)N(CC#N)C(=O)C(CC(C)C)NC(=O)OC(C)(C)C. The van der Waals surface area contributed by atoms with Gasteiger partial charge in [-0.05, 0) is 69.0 Å². The van der Waals surface area contributed by atoms with Crippen molar-refractivity contribution in [1.82, 2.24) is 10.2 Å². The van der Waals surface area contributed by atoms with Crippen LogP contribution in [-0.2, 0) is 14.3 Å². The largest absolute Gasteiger partial charge is 0.497 e. The van der Waals surface area contributed by atoms with Crippen molar-refractivity contribution in [2.75, 3.05) is 19.0 Å². The Balaban J connectivity index is 2.55. The predicted molar refractivity (Wildman–Crippen MR) is 149 cm³/mol. The van der Waals surface area contributed by atoms with E-state index < -0.39 is 42.1 Å². The van der Waals surface area contributed by atoms with Gasteiger partial charge in [0.05, 0.1) is 13.2 Å². The van der Waals surface area contributed by atoms with Gasteiger partial charge in [-0.2, -0.15) is 5.26 Å². The molecule has 0 aliphatic carbocycles. The number of hydrogen-bond acceptors (Lipinski definition) is 6. The molecule has 0 fully saturated rings. The Bertz CT molecular complexity index is 1240. The number of carbonyl (C=O) groups excluding carboxylic acids is 3. The van der Waals surface area contributed by atoms with Crippen LogP contribution in [0.4, 0.5) is 10.5 Å². The number of nitriles is 1. The van der Waals surface area contributed by atoms with Gasteiger partial charge in [0.15, 0.2) is 0 Å². The molecular formula is C30H36N4O5. The summed E-state index contributed by atoms with van der Waals surface area (Å²) in [5, 5.41) is 15.1. The van der Waals surface area contributed by atoms with Gasteiger partial charge in [-0.3, -0.25) is 9.59 Å². The first kappa shape index (κ1) is 30.7. The van der Waals surface area contributed by atoms with E-state index in [2.05, 4.69) is 16.6 Å². The highest BCUT2D eigenvalue weighted by Gasteiger charge is 2.37. The summed E-state index contributed by atoms with van der Waals surface area (Å²) in [6.45, 7) is 8.50. The number of hydrogen-bond donors (Lipinski definition) is 2. The van der Waals surface area contributed by atoms with Gasteiger partial charge >= 0.3 is 6.09 Å². The lowest BCUT2D eigenvalue weighted by atomic mass is 9.96. The maximum atomic E-state index is 14.0. The van der Waals surface area contributed by atoms with Gasteiger partial charge in [0, 0.05) is 11.3 Å². The number of benzene rings is 2. The third-order valence-corrected chi connectivity index (χ3v) is 5.55. The van der Waals surface area contributed by atoms with Crippen LogP contribution in [0.25, 0.3) is 0 Å². The highest BCUT2D eigenvalue weighted by Crippen LogP contribution is 2.28. The molecule has 2 atom stereocenters. The number of nitrogens with one attached hydrogen (secondary N) is 2. The van der Waals surface area contributed by atoms with E-state index in [-0.39, 0.29) is 12.3 Å². The highest BCUT2D eigenvalue weighted by molar-refractivity contribution is 5.99. The fourth-order valence-electron chi connectivity index (χ4n) is 3.92. The fourth-order valence-corrected chi connectivity index (χ4v) is 3.92. The van der Waals surface area contributed by atoms with Crippen LogP contribution in [0.15, 0.2) is 48.5 Å². The zero-order valence-electron chi connectivity index (χ0n) is 23.3. The minimum atomic E-state index is -1.26. The number of terminal acetylenes is 1. The number of nitrogens with zero attached hydrogens (tertiary/aromatic N) is 2. The monoisotopic (exact) mass is 532 g/mol. The van der Waals surface area contributed by atoms with E-state index in [0.29, 0.717) is 22.6 Å². The molecule has 2 aromatic carbocycles. The van der Waals surface area contributed by atoms with Gasteiger partial charge in [0.1, 0.15) is 30.0 Å². The number of anilines is 1. The molecule has 9 heteroatoms. The van der Waals surface area contributed by atoms with Crippen molar-refractivity contribution in [1.29, 1.82) is 5.26 Å². The lowest BCUT2D eigenvalue weighted by molar-refractivity contribution is -0.140. The summed E-state index contributed by atoms with van der Waals surface area (Å²) in [6, 6.07) is 13.1. The Kier molecular flexibility index (Phi) is 10.9. The lowest BCUT2D eigenvalue weighted by Crippen LogP contribution is -2.53. The van der Waals surface area contributed by atoms with Crippen LogP contribution in [0.3, 0.4) is 0 Å². The summed E-state index contributed by atoms with van der Waals surface area (Å²) >= 11 is 0. The third kappa shape index (κ3) is 9.08. The van der Waals surface area contributed by atoms with Crippen molar-refractivity contribution < 1.29 is 23.9 Å². The van der Waals surface area contributed by atoms with Crippen LogP contribution in [0.5, 0.6) is 5.75 Å². The number of carbonyl (C=O) groups is 3. The molecule has 0 bridgehead atoms. The standard InChI is InChI=1S/C30H36N4O5/c1-8-21-11-9-10-12-24(21)26(27(35)32-22-13-15-23(38-7)16-14-22)34(18-17-31)28(36)25(19-20(2)3)33-29(37)39-30(4,5)6/h1,9-16,20,25-26H,18-19H2,2-7H3,(H,32,35)(H,33,37). The van der Waals surface area contributed by atoms with Crippen molar-refractivity contribution in [3.63, 3.8) is 0 Å². The molecule has 0 aliphatic rings. The molecule has 0 radical (unpaired) electrons. The molecule has 0 heterocycles. The molecule has 0 saturated carbocycles. The number of amides is 3. The van der Waals surface area contributed by atoms with Crippen LogP contribution in [0.1, 0.15) is 58.2 Å². The second kappa shape index (κ2) is 13.9. The smallest absolute Gasteiger partial charge is 0.408 e. The number of ether oxygens (including phenoxy) is 2. The van der Waals surface area contributed by atoms with Crippen LogP contribution in [0, 0.1) is 29.6 Å². The summed E-state index contributed by atoms with van der Waals surface area (Å²) < 4.78 is 10.5. The minimum absolute atomic E-state index is 0.00222.